The third-order valence-electron chi connectivity index (χ3n) is 2.81. The second-order valence-electron chi connectivity index (χ2n) is 4.75. The van der Waals surface area contributed by atoms with Gasteiger partial charge in [-0.2, -0.15) is 5.10 Å². The van der Waals surface area contributed by atoms with Crippen molar-refractivity contribution in [2.24, 2.45) is 0 Å². The first-order valence-electron chi connectivity index (χ1n) is 6.65. The van der Waals surface area contributed by atoms with Crippen LogP contribution in [0.2, 0.25) is 0 Å². The Kier molecular flexibility index (Phi) is 4.76. The van der Waals surface area contributed by atoms with Gasteiger partial charge in [-0.15, -0.1) is 0 Å². The average Bonchev–Trinajstić information content (AvgIpc) is 2.82. The number of aryl methyl sites for hydroxylation is 2. The summed E-state index contributed by atoms with van der Waals surface area (Å²) in [5, 5.41) is 9.46. The highest BCUT2D eigenvalue weighted by molar-refractivity contribution is 5.89. The molecule has 5 nitrogen and oxygen atoms in total. The van der Waals surface area contributed by atoms with E-state index in [1.165, 1.54) is 5.56 Å². The van der Waals surface area contributed by atoms with Gasteiger partial charge in [-0.3, -0.25) is 9.89 Å². The van der Waals surface area contributed by atoms with Crippen LogP contribution in [0.25, 0.3) is 0 Å². The SMILES string of the molecule is Cc1ccc(OCCCC(=O)Nc2cc(C)[nH]n2)cc1. The van der Waals surface area contributed by atoms with Crippen LogP contribution in [0.15, 0.2) is 30.3 Å². The summed E-state index contributed by atoms with van der Waals surface area (Å²) in [7, 11) is 0. The van der Waals surface area contributed by atoms with Crippen molar-refractivity contribution in [1.82, 2.24) is 10.2 Å². The number of ether oxygens (including phenoxy) is 1. The van der Waals surface area contributed by atoms with Gasteiger partial charge in [0.25, 0.3) is 0 Å². The minimum atomic E-state index is -0.0518. The second-order valence-corrected chi connectivity index (χ2v) is 4.75. The summed E-state index contributed by atoms with van der Waals surface area (Å²) in [6.07, 6.45) is 1.08. The van der Waals surface area contributed by atoms with Gasteiger partial charge in [-0.25, -0.2) is 0 Å². The maximum Gasteiger partial charge on any atom is 0.225 e. The number of benzene rings is 1. The molecule has 0 fully saturated rings. The van der Waals surface area contributed by atoms with Crippen molar-refractivity contribution in [3.63, 3.8) is 0 Å². The summed E-state index contributed by atoms with van der Waals surface area (Å²) in [5.74, 6) is 1.34. The van der Waals surface area contributed by atoms with Gasteiger partial charge in [0.05, 0.1) is 6.61 Å². The lowest BCUT2D eigenvalue weighted by Gasteiger charge is -2.06. The van der Waals surface area contributed by atoms with Crippen molar-refractivity contribution in [1.29, 1.82) is 0 Å². The zero-order chi connectivity index (χ0) is 14.4. The summed E-state index contributed by atoms with van der Waals surface area (Å²) >= 11 is 0. The lowest BCUT2D eigenvalue weighted by molar-refractivity contribution is -0.116. The molecule has 0 saturated heterocycles. The Hall–Kier alpha value is -2.30. The molecule has 0 saturated carbocycles. The number of carbonyl (C=O) groups is 1. The van der Waals surface area contributed by atoms with Gasteiger partial charge in [0.1, 0.15) is 5.75 Å². The van der Waals surface area contributed by atoms with Crippen LogP contribution in [-0.4, -0.2) is 22.7 Å². The summed E-state index contributed by atoms with van der Waals surface area (Å²) < 4.78 is 5.56. The monoisotopic (exact) mass is 273 g/mol. The summed E-state index contributed by atoms with van der Waals surface area (Å²) in [6, 6.07) is 9.66. The van der Waals surface area contributed by atoms with Crippen molar-refractivity contribution in [3.05, 3.63) is 41.6 Å². The number of nitrogens with one attached hydrogen (secondary N) is 2. The van der Waals surface area contributed by atoms with E-state index in [4.69, 9.17) is 4.74 Å². The first-order chi connectivity index (χ1) is 9.63. The average molecular weight is 273 g/mol. The molecule has 1 heterocycles. The van der Waals surface area contributed by atoms with Crippen LogP contribution in [-0.2, 0) is 4.79 Å². The number of hydrogen-bond donors (Lipinski definition) is 2. The van der Waals surface area contributed by atoms with Gasteiger partial charge in [-0.05, 0) is 32.4 Å². The molecule has 0 spiro atoms. The molecule has 1 aromatic heterocycles. The minimum Gasteiger partial charge on any atom is -0.494 e. The van der Waals surface area contributed by atoms with Crippen molar-refractivity contribution >= 4 is 11.7 Å². The maximum absolute atomic E-state index is 11.7. The molecule has 0 bridgehead atoms. The van der Waals surface area contributed by atoms with Gasteiger partial charge in [0.2, 0.25) is 5.91 Å². The van der Waals surface area contributed by atoms with Crippen LogP contribution in [0.5, 0.6) is 5.75 Å². The van der Waals surface area contributed by atoms with Gasteiger partial charge < -0.3 is 10.1 Å². The van der Waals surface area contributed by atoms with Gasteiger partial charge in [0.15, 0.2) is 5.82 Å². The number of anilines is 1. The predicted molar refractivity (Wildman–Crippen MR) is 77.9 cm³/mol. The number of H-pyrrole nitrogens is 1. The van der Waals surface area contributed by atoms with E-state index in [2.05, 4.69) is 15.5 Å². The lowest BCUT2D eigenvalue weighted by atomic mass is 10.2. The van der Waals surface area contributed by atoms with Crippen LogP contribution < -0.4 is 10.1 Å². The van der Waals surface area contributed by atoms with E-state index >= 15 is 0 Å². The topological polar surface area (TPSA) is 67.0 Å². The molecule has 2 rings (SSSR count). The van der Waals surface area contributed by atoms with E-state index in [0.29, 0.717) is 25.3 Å². The van der Waals surface area contributed by atoms with E-state index in [9.17, 15) is 4.79 Å². The molecule has 0 aliphatic carbocycles. The fourth-order valence-corrected chi connectivity index (χ4v) is 1.74. The van der Waals surface area contributed by atoms with E-state index in [1.807, 2.05) is 38.1 Å². The smallest absolute Gasteiger partial charge is 0.225 e. The van der Waals surface area contributed by atoms with Crippen molar-refractivity contribution in [3.8, 4) is 5.75 Å². The Labute approximate surface area is 118 Å². The standard InChI is InChI=1S/C15H19N3O2/c1-11-5-7-13(8-6-11)20-9-3-4-15(19)16-14-10-12(2)17-18-14/h5-8,10H,3-4,9H2,1-2H3,(H2,16,17,18,19). The molecular formula is C15H19N3O2. The normalized spacial score (nSPS) is 10.3. The molecule has 20 heavy (non-hydrogen) atoms. The quantitative estimate of drug-likeness (QED) is 0.795. The first kappa shape index (κ1) is 14.1. The fourth-order valence-electron chi connectivity index (χ4n) is 1.74. The van der Waals surface area contributed by atoms with Gasteiger partial charge in [0, 0.05) is 18.2 Å². The number of rotatable bonds is 6. The molecule has 0 aliphatic heterocycles. The third-order valence-corrected chi connectivity index (χ3v) is 2.81. The van der Waals surface area contributed by atoms with Crippen molar-refractivity contribution in [2.75, 3.05) is 11.9 Å². The number of aromatic nitrogens is 2. The molecule has 106 valence electrons. The number of amides is 1. The summed E-state index contributed by atoms with van der Waals surface area (Å²) in [6.45, 7) is 4.44. The van der Waals surface area contributed by atoms with Crippen LogP contribution in [0, 0.1) is 13.8 Å². The zero-order valence-corrected chi connectivity index (χ0v) is 11.8. The Morgan fingerprint density at radius 1 is 1.30 bits per heavy atom. The van der Waals surface area contributed by atoms with E-state index in [-0.39, 0.29) is 5.91 Å². The molecule has 0 atom stereocenters. The van der Waals surface area contributed by atoms with Crippen molar-refractivity contribution < 1.29 is 9.53 Å². The van der Waals surface area contributed by atoms with Crippen LogP contribution in [0.4, 0.5) is 5.82 Å². The van der Waals surface area contributed by atoms with Gasteiger partial charge >= 0.3 is 0 Å². The third kappa shape index (κ3) is 4.42. The fraction of sp³-hybridized carbons (Fsp3) is 0.333. The van der Waals surface area contributed by atoms with E-state index in [1.54, 1.807) is 6.07 Å². The highest BCUT2D eigenvalue weighted by Crippen LogP contribution is 2.12. The first-order valence-corrected chi connectivity index (χ1v) is 6.65. The molecule has 1 aromatic carbocycles. The molecule has 0 radical (unpaired) electrons. The molecule has 2 N–H and O–H groups in total. The molecule has 0 unspecified atom stereocenters. The van der Waals surface area contributed by atoms with Crippen molar-refractivity contribution in [2.45, 2.75) is 26.7 Å². The molecule has 1 amide bonds. The van der Waals surface area contributed by atoms with Crippen LogP contribution in [0.1, 0.15) is 24.1 Å². The number of hydrogen-bond acceptors (Lipinski definition) is 3. The Morgan fingerprint density at radius 2 is 2.05 bits per heavy atom. The van der Waals surface area contributed by atoms with Crippen LogP contribution >= 0.6 is 0 Å². The second kappa shape index (κ2) is 6.75. The van der Waals surface area contributed by atoms with E-state index in [0.717, 1.165) is 11.4 Å². The van der Waals surface area contributed by atoms with Gasteiger partial charge in [-0.1, -0.05) is 17.7 Å². The molecule has 0 aliphatic rings. The molecule has 5 heteroatoms. The Morgan fingerprint density at radius 3 is 2.70 bits per heavy atom. The minimum absolute atomic E-state index is 0.0518. The molecular weight excluding hydrogens is 254 g/mol. The van der Waals surface area contributed by atoms with E-state index < -0.39 is 0 Å². The number of carbonyl (C=O) groups excluding carboxylic acids is 1. The Balaban J connectivity index is 1.65. The highest BCUT2D eigenvalue weighted by Gasteiger charge is 2.04. The zero-order valence-electron chi connectivity index (χ0n) is 11.8. The largest absolute Gasteiger partial charge is 0.494 e. The predicted octanol–water partition coefficient (Wildman–Crippen LogP) is 2.82. The maximum atomic E-state index is 11.7. The van der Waals surface area contributed by atoms with Crippen LogP contribution in [0.3, 0.4) is 0 Å². The summed E-state index contributed by atoms with van der Waals surface area (Å²) in [5.41, 5.74) is 2.12. The summed E-state index contributed by atoms with van der Waals surface area (Å²) in [4.78, 5) is 11.7. The molecule has 2 aromatic rings. The highest BCUT2D eigenvalue weighted by atomic mass is 16.5. The number of nitrogens with zero attached hydrogens (tertiary/aromatic N) is 1. The lowest BCUT2D eigenvalue weighted by Crippen LogP contribution is -2.13. The number of aromatic amines is 1. The Bertz CT molecular complexity index is 561.